The summed E-state index contributed by atoms with van der Waals surface area (Å²) in [6.45, 7) is 2.15. The summed E-state index contributed by atoms with van der Waals surface area (Å²) in [5.74, 6) is 1.18. The lowest BCUT2D eigenvalue weighted by atomic mass is 9.76. The van der Waals surface area contributed by atoms with Crippen molar-refractivity contribution in [3.8, 4) is 5.69 Å². The number of fused-ring (bicyclic) bond motifs is 7. The van der Waals surface area contributed by atoms with Crippen LogP contribution < -0.4 is 0 Å². The van der Waals surface area contributed by atoms with Gasteiger partial charge in [-0.25, -0.2) is 0 Å². The van der Waals surface area contributed by atoms with Gasteiger partial charge in [-0.15, -0.1) is 0 Å². The number of rotatable bonds is 2. The Hall–Kier alpha value is -3.84. The molecule has 0 saturated carbocycles. The quantitative estimate of drug-likeness (QED) is 0.272. The summed E-state index contributed by atoms with van der Waals surface area (Å²) in [6.07, 6.45) is 4.87. The maximum absolute atomic E-state index is 2.48. The number of allylic oxidation sites excluding steroid dienone is 1. The van der Waals surface area contributed by atoms with E-state index in [2.05, 4.69) is 127 Å². The van der Waals surface area contributed by atoms with Crippen molar-refractivity contribution in [1.29, 1.82) is 0 Å². The molecule has 0 amide bonds. The van der Waals surface area contributed by atoms with Gasteiger partial charge in [-0.05, 0) is 59.4 Å². The first kappa shape index (κ1) is 18.7. The molecule has 33 heavy (non-hydrogen) atoms. The second kappa shape index (κ2) is 7.08. The van der Waals surface area contributed by atoms with Gasteiger partial charge in [0, 0.05) is 22.9 Å². The van der Waals surface area contributed by atoms with E-state index in [1.54, 1.807) is 0 Å². The molecule has 1 aromatic heterocycles. The van der Waals surface area contributed by atoms with Gasteiger partial charge >= 0.3 is 0 Å². The fraction of sp³-hybridized carbons (Fsp3) is 0.125. The van der Waals surface area contributed by atoms with Crippen LogP contribution in [0.25, 0.3) is 22.7 Å². The Balaban J connectivity index is 1.52. The molecule has 4 aromatic carbocycles. The third-order valence-electron chi connectivity index (χ3n) is 7.63. The average Bonchev–Trinajstić information content (AvgIpc) is 3.38. The summed E-state index contributed by atoms with van der Waals surface area (Å²) in [4.78, 5) is 0. The Morgan fingerprint density at radius 3 is 2.09 bits per heavy atom. The lowest BCUT2D eigenvalue weighted by Crippen LogP contribution is -2.16. The van der Waals surface area contributed by atoms with Crippen LogP contribution in [0.15, 0.2) is 109 Å². The molecular formula is C32H25N. The third-order valence-corrected chi connectivity index (χ3v) is 7.63. The van der Waals surface area contributed by atoms with E-state index >= 15 is 0 Å². The van der Waals surface area contributed by atoms with Gasteiger partial charge < -0.3 is 4.57 Å². The van der Waals surface area contributed by atoms with Crippen molar-refractivity contribution < 1.29 is 0 Å². The van der Waals surface area contributed by atoms with Crippen LogP contribution in [0.1, 0.15) is 45.3 Å². The maximum Gasteiger partial charge on any atom is 0.0537 e. The number of aromatic nitrogens is 1. The summed E-state index contributed by atoms with van der Waals surface area (Å²) in [5.41, 5.74) is 11.0. The molecule has 2 aliphatic carbocycles. The van der Waals surface area contributed by atoms with Crippen LogP contribution in [0.2, 0.25) is 0 Å². The second-order valence-corrected chi connectivity index (χ2v) is 9.42. The minimum Gasteiger partial charge on any atom is -0.310 e. The van der Waals surface area contributed by atoms with Gasteiger partial charge in [-0.1, -0.05) is 96.6 Å². The van der Waals surface area contributed by atoms with Gasteiger partial charge in [0.25, 0.3) is 0 Å². The van der Waals surface area contributed by atoms with Gasteiger partial charge in [0.1, 0.15) is 0 Å². The van der Waals surface area contributed by atoms with Gasteiger partial charge in [0.05, 0.1) is 11.2 Å². The van der Waals surface area contributed by atoms with Crippen LogP contribution in [0.5, 0.6) is 0 Å². The highest BCUT2D eigenvalue weighted by Gasteiger charge is 2.44. The molecular weight excluding hydrogens is 398 g/mol. The number of hydrogen-bond acceptors (Lipinski definition) is 0. The molecule has 158 valence electrons. The fourth-order valence-electron chi connectivity index (χ4n) is 6.27. The Labute approximate surface area is 194 Å². The normalized spacial score (nSPS) is 20.5. The van der Waals surface area contributed by atoms with Crippen molar-refractivity contribution in [1.82, 2.24) is 4.57 Å². The summed E-state index contributed by atoms with van der Waals surface area (Å²) in [5, 5.41) is 1.37. The highest BCUT2D eigenvalue weighted by atomic mass is 15.0. The minimum absolute atomic E-state index is 0.364. The van der Waals surface area contributed by atoms with Crippen molar-refractivity contribution in [2.45, 2.75) is 18.8 Å². The molecule has 1 heterocycles. The van der Waals surface area contributed by atoms with E-state index in [1.807, 2.05) is 0 Å². The van der Waals surface area contributed by atoms with Crippen LogP contribution in [-0.4, -0.2) is 4.57 Å². The Kier molecular flexibility index (Phi) is 4.01. The smallest absolute Gasteiger partial charge is 0.0537 e. The van der Waals surface area contributed by atoms with E-state index in [0.717, 1.165) is 0 Å². The van der Waals surface area contributed by atoms with E-state index in [4.69, 9.17) is 0 Å². The Bertz CT molecular complexity index is 1520. The summed E-state index contributed by atoms with van der Waals surface area (Å²) < 4.78 is 2.45. The van der Waals surface area contributed by atoms with E-state index in [9.17, 15) is 0 Å². The molecule has 0 aliphatic heterocycles. The zero-order valence-corrected chi connectivity index (χ0v) is 18.6. The number of para-hydroxylation sites is 1. The van der Waals surface area contributed by atoms with Crippen molar-refractivity contribution in [3.05, 3.63) is 143 Å². The summed E-state index contributed by atoms with van der Waals surface area (Å²) >= 11 is 0. The monoisotopic (exact) mass is 423 g/mol. The first-order valence-corrected chi connectivity index (χ1v) is 11.8. The topological polar surface area (TPSA) is 4.93 Å². The minimum atomic E-state index is 0.364. The van der Waals surface area contributed by atoms with Crippen molar-refractivity contribution in [2.75, 3.05) is 0 Å². The number of nitrogens with zero attached hydrogens (tertiary/aromatic N) is 1. The molecule has 0 spiro atoms. The van der Waals surface area contributed by atoms with Crippen LogP contribution >= 0.6 is 0 Å². The van der Waals surface area contributed by atoms with Gasteiger partial charge in [0.2, 0.25) is 0 Å². The van der Waals surface area contributed by atoms with E-state index < -0.39 is 0 Å². The molecule has 0 N–H and O–H groups in total. The lowest BCUT2D eigenvalue weighted by Gasteiger charge is -2.27. The molecule has 7 rings (SSSR count). The lowest BCUT2D eigenvalue weighted by molar-refractivity contribution is 0.558. The van der Waals surface area contributed by atoms with Gasteiger partial charge in [0.15, 0.2) is 0 Å². The molecule has 1 heteroatoms. The van der Waals surface area contributed by atoms with Gasteiger partial charge in [-0.2, -0.15) is 0 Å². The first-order chi connectivity index (χ1) is 16.3. The molecule has 0 radical (unpaired) electrons. The summed E-state index contributed by atoms with van der Waals surface area (Å²) in [7, 11) is 0. The second-order valence-electron chi connectivity index (χ2n) is 9.42. The predicted octanol–water partition coefficient (Wildman–Crippen LogP) is 7.86. The SMILES string of the molecule is Cc1ccc(-n2c3c(c4ccccc42)C2c4ccccc4C(c4ccccc4)C2C=C3)cc1. The molecule has 1 nitrogen and oxygen atoms in total. The standard InChI is InChI=1S/C32H25N/c1-21-15-17-23(18-16-21)33-28-14-8-7-13-26(28)32-29(33)20-19-27-30(22-9-3-2-4-10-22)24-11-5-6-12-25(24)31(27)32/h2-20,27,30-31H,1H3. The van der Waals surface area contributed by atoms with E-state index in [1.165, 1.54) is 50.1 Å². The first-order valence-electron chi connectivity index (χ1n) is 11.8. The van der Waals surface area contributed by atoms with Crippen molar-refractivity contribution in [3.63, 3.8) is 0 Å². The Morgan fingerprint density at radius 2 is 1.30 bits per heavy atom. The van der Waals surface area contributed by atoms with Gasteiger partial charge in [-0.3, -0.25) is 0 Å². The maximum atomic E-state index is 2.48. The molecule has 0 saturated heterocycles. The average molecular weight is 424 g/mol. The van der Waals surface area contributed by atoms with E-state index in [-0.39, 0.29) is 0 Å². The molecule has 0 fully saturated rings. The zero-order chi connectivity index (χ0) is 21.9. The van der Waals surface area contributed by atoms with Crippen LogP contribution in [0.4, 0.5) is 0 Å². The van der Waals surface area contributed by atoms with Crippen molar-refractivity contribution >= 4 is 17.0 Å². The molecule has 3 atom stereocenters. The summed E-state index contributed by atoms with van der Waals surface area (Å²) in [6, 6.07) is 38.0. The molecule has 3 unspecified atom stereocenters. The Morgan fingerprint density at radius 1 is 0.636 bits per heavy atom. The highest BCUT2D eigenvalue weighted by molar-refractivity contribution is 5.92. The number of aryl methyl sites for hydroxylation is 1. The zero-order valence-electron chi connectivity index (χ0n) is 18.6. The fourth-order valence-corrected chi connectivity index (χ4v) is 6.27. The third kappa shape index (κ3) is 2.66. The van der Waals surface area contributed by atoms with Crippen LogP contribution in [-0.2, 0) is 0 Å². The predicted molar refractivity (Wildman–Crippen MR) is 137 cm³/mol. The number of hydrogen-bond donors (Lipinski definition) is 0. The van der Waals surface area contributed by atoms with Crippen LogP contribution in [0, 0.1) is 12.8 Å². The largest absolute Gasteiger partial charge is 0.310 e. The van der Waals surface area contributed by atoms with Crippen molar-refractivity contribution in [2.24, 2.45) is 5.92 Å². The number of benzene rings is 4. The molecule has 2 aliphatic rings. The molecule has 5 aromatic rings. The highest BCUT2D eigenvalue weighted by Crippen LogP contribution is 2.57. The molecule has 0 bridgehead atoms. The van der Waals surface area contributed by atoms with E-state index in [0.29, 0.717) is 17.8 Å². The van der Waals surface area contributed by atoms with Crippen LogP contribution in [0.3, 0.4) is 0 Å².